The number of rotatable bonds is 0. The molecule has 0 fully saturated rings. The number of hydrogen-bond donors (Lipinski definition) is 1. The second-order valence-electron chi connectivity index (χ2n) is 1.34. The third kappa shape index (κ3) is 2.02. The second-order valence-corrected chi connectivity index (χ2v) is 1.34. The molecule has 0 aliphatic carbocycles. The first kappa shape index (κ1) is 7.55. The molecule has 8 heavy (non-hydrogen) atoms. The van der Waals surface area contributed by atoms with Gasteiger partial charge >= 0.3 is 17.4 Å². The van der Waals surface area contributed by atoms with Crippen molar-refractivity contribution in [2.75, 3.05) is 0 Å². The zero-order valence-electron chi connectivity index (χ0n) is 4.41. The molecule has 0 heterocycles. The Hall–Kier alpha value is -0.448. The van der Waals surface area contributed by atoms with E-state index in [1.807, 2.05) is 6.07 Å². The Morgan fingerprint density at radius 2 is 1.50 bits per heavy atom. The van der Waals surface area contributed by atoms with Crippen LogP contribution in [0.1, 0.15) is 0 Å². The van der Waals surface area contributed by atoms with E-state index >= 15 is 0 Å². The van der Waals surface area contributed by atoms with Crippen LogP contribution < -0.4 is 0 Å². The monoisotopic (exact) mass is 121 g/mol. The molecule has 0 aliphatic rings. The van der Waals surface area contributed by atoms with Gasteiger partial charge in [-0.3, -0.25) is 0 Å². The first-order valence-corrected chi connectivity index (χ1v) is 2.13. The van der Waals surface area contributed by atoms with Crippen LogP contribution >= 0.6 is 0 Å². The summed E-state index contributed by atoms with van der Waals surface area (Å²) < 4.78 is 0. The fraction of sp³-hybridized carbons (Fsp3) is 0. The van der Waals surface area contributed by atoms with Crippen molar-refractivity contribution in [3.8, 4) is 5.75 Å². The molecular weight excluding hydrogens is 115 g/mol. The molecule has 0 amide bonds. The van der Waals surface area contributed by atoms with Gasteiger partial charge in [-0.25, -0.2) is 0 Å². The summed E-state index contributed by atoms with van der Waals surface area (Å²) in [6, 6.07) is 8.71. The van der Waals surface area contributed by atoms with E-state index in [4.69, 9.17) is 5.11 Å². The Balaban J connectivity index is 0.000000490. The Kier molecular flexibility index (Phi) is 3.34. The smallest absolute Gasteiger partial charge is 0.508 e. The van der Waals surface area contributed by atoms with E-state index in [1.165, 1.54) is 0 Å². The maximum absolute atomic E-state index is 8.63. The quantitative estimate of drug-likeness (QED) is 0.508. The molecule has 0 saturated carbocycles. The summed E-state index contributed by atoms with van der Waals surface area (Å²) in [5, 5.41) is 8.63. The van der Waals surface area contributed by atoms with Crippen molar-refractivity contribution < 1.29 is 5.11 Å². The van der Waals surface area contributed by atoms with Crippen LogP contribution in [0.5, 0.6) is 5.75 Å². The zero-order chi connectivity index (χ0) is 5.11. The summed E-state index contributed by atoms with van der Waals surface area (Å²) in [5.41, 5.74) is 0. The molecule has 1 aromatic carbocycles. The molecule has 0 aromatic heterocycles. The van der Waals surface area contributed by atoms with Crippen LogP contribution in [-0.4, -0.2) is 22.5 Å². The minimum absolute atomic E-state index is 0. The number of aromatic hydroxyl groups is 1. The summed E-state index contributed by atoms with van der Waals surface area (Å²) in [5.74, 6) is 0.322. The minimum Gasteiger partial charge on any atom is -0.508 e. The molecule has 0 saturated heterocycles. The van der Waals surface area contributed by atoms with E-state index in [0.717, 1.165) is 0 Å². The van der Waals surface area contributed by atoms with Gasteiger partial charge in [-0.05, 0) is 12.1 Å². The predicted octanol–water partition coefficient (Wildman–Crippen LogP) is 1.01. The molecule has 1 nitrogen and oxygen atoms in total. The van der Waals surface area contributed by atoms with Crippen molar-refractivity contribution in [3.63, 3.8) is 0 Å². The van der Waals surface area contributed by atoms with E-state index in [-0.39, 0.29) is 17.4 Å². The Morgan fingerprint density at radius 3 is 1.75 bits per heavy atom. The Bertz CT molecular complexity index is 138. The van der Waals surface area contributed by atoms with Crippen molar-refractivity contribution in [1.29, 1.82) is 0 Å². The van der Waals surface area contributed by atoms with Crippen molar-refractivity contribution in [2.45, 2.75) is 0 Å². The van der Waals surface area contributed by atoms with Gasteiger partial charge in [0.25, 0.3) is 0 Å². The number of para-hydroxylation sites is 1. The maximum Gasteiger partial charge on any atom is 3.00 e. The fourth-order valence-electron chi connectivity index (χ4n) is 0.428. The second kappa shape index (κ2) is 3.54. The summed E-state index contributed by atoms with van der Waals surface area (Å²) in [6.45, 7) is 0. The van der Waals surface area contributed by atoms with Gasteiger partial charge in [0, 0.05) is 0 Å². The number of hydrogen-bond acceptors (Lipinski definition) is 1. The van der Waals surface area contributed by atoms with Crippen molar-refractivity contribution in [2.24, 2.45) is 0 Å². The van der Waals surface area contributed by atoms with Gasteiger partial charge < -0.3 is 5.11 Å². The van der Waals surface area contributed by atoms with Gasteiger partial charge in [-0.2, -0.15) is 0 Å². The van der Waals surface area contributed by atoms with E-state index in [2.05, 4.69) is 0 Å². The van der Waals surface area contributed by atoms with E-state index in [9.17, 15) is 0 Å². The summed E-state index contributed by atoms with van der Waals surface area (Å²) in [6.07, 6.45) is 0. The molecule has 1 aromatic rings. The van der Waals surface area contributed by atoms with E-state index < -0.39 is 0 Å². The maximum atomic E-state index is 8.63. The van der Waals surface area contributed by atoms with E-state index in [1.54, 1.807) is 24.3 Å². The van der Waals surface area contributed by atoms with Crippen LogP contribution in [0.2, 0.25) is 0 Å². The minimum atomic E-state index is 0. The van der Waals surface area contributed by atoms with Crippen LogP contribution in [0.15, 0.2) is 30.3 Å². The first-order chi connectivity index (χ1) is 3.39. The Labute approximate surface area is 59.1 Å². The van der Waals surface area contributed by atoms with Gasteiger partial charge in [0.15, 0.2) is 0 Å². The number of benzene rings is 1. The summed E-state index contributed by atoms with van der Waals surface area (Å²) in [7, 11) is 0. The van der Waals surface area contributed by atoms with Gasteiger partial charge in [-0.15, -0.1) is 0 Å². The molecule has 1 rings (SSSR count). The topological polar surface area (TPSA) is 20.2 Å². The fourth-order valence-corrected chi connectivity index (χ4v) is 0.428. The molecule has 0 atom stereocenters. The van der Waals surface area contributed by atoms with Crippen LogP contribution in [-0.2, 0) is 0 Å². The SMILES string of the molecule is Oc1ccccc1.[Al+3]. The van der Waals surface area contributed by atoms with Gasteiger partial charge in [0.1, 0.15) is 5.75 Å². The van der Waals surface area contributed by atoms with E-state index in [0.29, 0.717) is 5.75 Å². The van der Waals surface area contributed by atoms with Gasteiger partial charge in [0.05, 0.1) is 0 Å². The summed E-state index contributed by atoms with van der Waals surface area (Å²) >= 11 is 0. The largest absolute Gasteiger partial charge is 3.00 e. The van der Waals surface area contributed by atoms with Gasteiger partial charge in [-0.1, -0.05) is 18.2 Å². The van der Waals surface area contributed by atoms with Crippen LogP contribution in [0, 0.1) is 0 Å². The molecule has 0 radical (unpaired) electrons. The molecule has 36 valence electrons. The molecule has 0 spiro atoms. The third-order valence-electron chi connectivity index (χ3n) is 0.756. The number of phenols is 1. The van der Waals surface area contributed by atoms with Crippen LogP contribution in [0.4, 0.5) is 0 Å². The van der Waals surface area contributed by atoms with Crippen LogP contribution in [0.25, 0.3) is 0 Å². The molecular formula is C6H6AlO+3. The summed E-state index contributed by atoms with van der Waals surface area (Å²) in [4.78, 5) is 0. The average molecular weight is 121 g/mol. The molecule has 0 unspecified atom stereocenters. The normalized spacial score (nSPS) is 7.50. The van der Waals surface area contributed by atoms with Crippen molar-refractivity contribution in [3.05, 3.63) is 30.3 Å². The Morgan fingerprint density at radius 1 is 1.00 bits per heavy atom. The molecule has 1 N–H and O–H groups in total. The molecule has 2 heteroatoms. The molecule has 0 aliphatic heterocycles. The predicted molar refractivity (Wildman–Crippen MR) is 33.9 cm³/mol. The standard InChI is InChI=1S/C6H6O.Al/c7-6-4-2-1-3-5-6;/h1-5,7H;/q;+3. The molecule has 0 bridgehead atoms. The van der Waals surface area contributed by atoms with Crippen LogP contribution in [0.3, 0.4) is 0 Å². The number of phenolic OH excluding ortho intramolecular Hbond substituents is 1. The third-order valence-corrected chi connectivity index (χ3v) is 0.756. The average Bonchev–Trinajstić information content (AvgIpc) is 1.69. The van der Waals surface area contributed by atoms with Crippen molar-refractivity contribution >= 4 is 17.4 Å². The first-order valence-electron chi connectivity index (χ1n) is 2.13. The van der Waals surface area contributed by atoms with Gasteiger partial charge in [0.2, 0.25) is 0 Å². The van der Waals surface area contributed by atoms with Crippen molar-refractivity contribution in [1.82, 2.24) is 0 Å². The zero-order valence-corrected chi connectivity index (χ0v) is 5.57.